The Morgan fingerprint density at radius 3 is 2.75 bits per heavy atom. The molecular formula is C15H11N3OS. The smallest absolute Gasteiger partial charge is 0.279 e. The summed E-state index contributed by atoms with van der Waals surface area (Å²) in [5.74, 6) is 0.707. The molecule has 20 heavy (non-hydrogen) atoms. The van der Waals surface area contributed by atoms with Crippen LogP contribution in [0.25, 0.3) is 10.2 Å². The summed E-state index contributed by atoms with van der Waals surface area (Å²) in [7, 11) is 0. The lowest BCUT2D eigenvalue weighted by molar-refractivity contribution is 0.480. The number of nitrogens with zero attached hydrogens (tertiary/aromatic N) is 2. The summed E-state index contributed by atoms with van der Waals surface area (Å²) in [5, 5.41) is 9.21. The van der Waals surface area contributed by atoms with Gasteiger partial charge in [-0.05, 0) is 35.9 Å². The van der Waals surface area contributed by atoms with Crippen molar-refractivity contribution in [2.45, 2.75) is 6.42 Å². The lowest BCUT2D eigenvalue weighted by atomic mass is 10.2. The molecule has 2 aromatic carbocycles. The first-order valence-electron chi connectivity index (χ1n) is 6.04. The molecule has 0 amide bonds. The van der Waals surface area contributed by atoms with Gasteiger partial charge in [0.15, 0.2) is 0 Å². The van der Waals surface area contributed by atoms with Crippen LogP contribution in [0.5, 0.6) is 10.9 Å². The second-order valence-electron chi connectivity index (χ2n) is 4.29. The molecule has 0 aliphatic carbocycles. The van der Waals surface area contributed by atoms with Gasteiger partial charge in [0, 0.05) is 5.69 Å². The fourth-order valence-corrected chi connectivity index (χ4v) is 2.71. The molecule has 2 N–H and O–H groups in total. The molecule has 0 fully saturated rings. The Morgan fingerprint density at radius 2 is 2.00 bits per heavy atom. The van der Waals surface area contributed by atoms with E-state index in [1.54, 1.807) is 0 Å². The highest BCUT2D eigenvalue weighted by molar-refractivity contribution is 7.20. The predicted molar refractivity (Wildman–Crippen MR) is 79.9 cm³/mol. The number of hydrogen-bond donors (Lipinski definition) is 1. The number of fused-ring (bicyclic) bond motifs is 1. The first-order valence-corrected chi connectivity index (χ1v) is 6.86. The van der Waals surface area contributed by atoms with Gasteiger partial charge < -0.3 is 10.5 Å². The highest BCUT2D eigenvalue weighted by Crippen LogP contribution is 2.32. The van der Waals surface area contributed by atoms with Gasteiger partial charge in [0.05, 0.1) is 22.7 Å². The van der Waals surface area contributed by atoms with Gasteiger partial charge in [-0.2, -0.15) is 5.26 Å². The molecule has 0 saturated heterocycles. The third-order valence-corrected chi connectivity index (χ3v) is 3.70. The minimum atomic E-state index is 0.403. The Balaban J connectivity index is 1.83. The van der Waals surface area contributed by atoms with Gasteiger partial charge >= 0.3 is 0 Å². The van der Waals surface area contributed by atoms with Crippen LogP contribution >= 0.6 is 11.3 Å². The highest BCUT2D eigenvalue weighted by atomic mass is 32.1. The number of aromatic nitrogens is 1. The van der Waals surface area contributed by atoms with Crippen molar-refractivity contribution in [1.82, 2.24) is 4.98 Å². The largest absolute Gasteiger partial charge is 0.431 e. The zero-order valence-corrected chi connectivity index (χ0v) is 11.4. The van der Waals surface area contributed by atoms with Crippen molar-refractivity contribution >= 4 is 27.2 Å². The second kappa shape index (κ2) is 5.19. The number of nitrogen functional groups attached to an aromatic ring is 1. The Labute approximate surface area is 120 Å². The lowest BCUT2D eigenvalue weighted by Gasteiger charge is -2.01. The van der Waals surface area contributed by atoms with E-state index in [4.69, 9.17) is 15.7 Å². The molecule has 5 heteroatoms. The van der Waals surface area contributed by atoms with Crippen LogP contribution in [0.2, 0.25) is 0 Å². The molecule has 98 valence electrons. The molecule has 0 radical (unpaired) electrons. The zero-order chi connectivity index (χ0) is 13.9. The van der Waals surface area contributed by atoms with E-state index in [1.165, 1.54) is 11.3 Å². The van der Waals surface area contributed by atoms with Crippen molar-refractivity contribution in [3.63, 3.8) is 0 Å². The number of thiazole rings is 1. The topological polar surface area (TPSA) is 71.9 Å². The van der Waals surface area contributed by atoms with Crippen LogP contribution in [-0.2, 0) is 6.42 Å². The van der Waals surface area contributed by atoms with E-state index in [0.717, 1.165) is 15.8 Å². The summed E-state index contributed by atoms with van der Waals surface area (Å²) in [4.78, 5) is 4.40. The van der Waals surface area contributed by atoms with Crippen molar-refractivity contribution in [3.05, 3.63) is 48.0 Å². The first kappa shape index (κ1) is 12.5. The van der Waals surface area contributed by atoms with Crippen LogP contribution in [0.15, 0.2) is 42.5 Å². The minimum absolute atomic E-state index is 0.403. The third kappa shape index (κ3) is 2.56. The molecular weight excluding hydrogens is 270 g/mol. The van der Waals surface area contributed by atoms with E-state index in [2.05, 4.69) is 11.1 Å². The normalized spacial score (nSPS) is 10.3. The summed E-state index contributed by atoms with van der Waals surface area (Å²) in [5.41, 5.74) is 8.30. The fourth-order valence-electron chi connectivity index (χ4n) is 1.83. The van der Waals surface area contributed by atoms with Crippen molar-refractivity contribution in [1.29, 1.82) is 5.26 Å². The van der Waals surface area contributed by atoms with Crippen LogP contribution in [0, 0.1) is 11.3 Å². The summed E-state index contributed by atoms with van der Waals surface area (Å²) in [6.07, 6.45) is 0.403. The summed E-state index contributed by atoms with van der Waals surface area (Å²) >= 11 is 1.46. The number of nitrogens with two attached hydrogens (primary N) is 1. The molecule has 3 aromatic rings. The van der Waals surface area contributed by atoms with E-state index < -0.39 is 0 Å². The average molecular weight is 281 g/mol. The monoisotopic (exact) mass is 281 g/mol. The quantitative estimate of drug-likeness (QED) is 0.742. The van der Waals surface area contributed by atoms with Crippen LogP contribution in [0.4, 0.5) is 5.69 Å². The van der Waals surface area contributed by atoms with Gasteiger partial charge in [-0.25, -0.2) is 4.98 Å². The molecule has 0 bridgehead atoms. The van der Waals surface area contributed by atoms with Gasteiger partial charge in [0.1, 0.15) is 5.75 Å². The van der Waals surface area contributed by atoms with Crippen molar-refractivity contribution < 1.29 is 4.74 Å². The molecule has 4 nitrogen and oxygen atoms in total. The van der Waals surface area contributed by atoms with Crippen LogP contribution in [0.3, 0.4) is 0 Å². The lowest BCUT2D eigenvalue weighted by Crippen LogP contribution is -1.85. The maximum Gasteiger partial charge on any atom is 0.279 e. The van der Waals surface area contributed by atoms with Gasteiger partial charge in [-0.1, -0.05) is 23.5 Å². The van der Waals surface area contributed by atoms with E-state index in [1.807, 2.05) is 42.5 Å². The molecule has 0 aliphatic heterocycles. The molecule has 0 spiro atoms. The standard InChI is InChI=1S/C15H11N3OS/c16-8-7-10-1-4-12(5-2-10)19-15-18-13-6-3-11(17)9-14(13)20-15/h1-6,9H,7,17H2. The molecule has 1 aromatic heterocycles. The van der Waals surface area contributed by atoms with E-state index >= 15 is 0 Å². The molecule has 0 aliphatic rings. The van der Waals surface area contributed by atoms with E-state index in [-0.39, 0.29) is 0 Å². The van der Waals surface area contributed by atoms with E-state index in [0.29, 0.717) is 23.1 Å². The number of ether oxygens (including phenoxy) is 1. The van der Waals surface area contributed by atoms with Crippen molar-refractivity contribution in [2.75, 3.05) is 5.73 Å². The summed E-state index contributed by atoms with van der Waals surface area (Å²) < 4.78 is 6.72. The maximum absolute atomic E-state index is 8.63. The van der Waals surface area contributed by atoms with Gasteiger partial charge in [-0.15, -0.1) is 0 Å². The fraction of sp³-hybridized carbons (Fsp3) is 0.0667. The van der Waals surface area contributed by atoms with Crippen LogP contribution in [0.1, 0.15) is 5.56 Å². The molecule has 0 saturated carbocycles. The van der Waals surface area contributed by atoms with Crippen LogP contribution in [-0.4, -0.2) is 4.98 Å². The van der Waals surface area contributed by atoms with Gasteiger partial charge in [0.25, 0.3) is 5.19 Å². The van der Waals surface area contributed by atoms with E-state index in [9.17, 15) is 0 Å². The molecule has 0 unspecified atom stereocenters. The molecule has 1 heterocycles. The number of hydrogen-bond acceptors (Lipinski definition) is 5. The number of rotatable bonds is 3. The Morgan fingerprint density at radius 1 is 1.20 bits per heavy atom. The number of benzene rings is 2. The Kier molecular flexibility index (Phi) is 3.23. The Hall–Kier alpha value is -2.58. The summed E-state index contributed by atoms with van der Waals surface area (Å²) in [6.45, 7) is 0. The predicted octanol–water partition coefficient (Wildman–Crippen LogP) is 3.74. The van der Waals surface area contributed by atoms with Crippen LogP contribution < -0.4 is 10.5 Å². The number of nitriles is 1. The average Bonchev–Trinajstić information content (AvgIpc) is 2.82. The minimum Gasteiger partial charge on any atom is -0.431 e. The van der Waals surface area contributed by atoms with Crippen molar-refractivity contribution in [3.8, 4) is 17.0 Å². The van der Waals surface area contributed by atoms with Gasteiger partial charge in [-0.3, -0.25) is 0 Å². The molecule has 3 rings (SSSR count). The highest BCUT2D eigenvalue weighted by Gasteiger charge is 2.06. The number of anilines is 1. The zero-order valence-electron chi connectivity index (χ0n) is 10.5. The second-order valence-corrected chi connectivity index (χ2v) is 5.28. The Bertz CT molecular complexity index is 787. The van der Waals surface area contributed by atoms with Crippen molar-refractivity contribution in [2.24, 2.45) is 0 Å². The molecule has 0 atom stereocenters. The SMILES string of the molecule is N#CCc1ccc(Oc2nc3ccc(N)cc3s2)cc1. The summed E-state index contributed by atoms with van der Waals surface area (Å²) in [6, 6.07) is 15.1. The first-order chi connectivity index (χ1) is 9.74. The third-order valence-electron chi connectivity index (χ3n) is 2.80. The van der Waals surface area contributed by atoms with Gasteiger partial charge in [0.2, 0.25) is 0 Å². The maximum atomic E-state index is 8.63.